The first-order valence-corrected chi connectivity index (χ1v) is 3.15. The first-order valence-electron chi connectivity index (χ1n) is 3.15. The van der Waals surface area contributed by atoms with Gasteiger partial charge in [0.1, 0.15) is 12.5 Å². The van der Waals surface area contributed by atoms with Gasteiger partial charge in [-0.25, -0.2) is 4.98 Å². The molecule has 11 heavy (non-hydrogen) atoms. The fourth-order valence-electron chi connectivity index (χ4n) is 0.790. The van der Waals surface area contributed by atoms with Crippen LogP contribution in [0.3, 0.4) is 0 Å². The van der Waals surface area contributed by atoms with E-state index in [9.17, 15) is 0 Å². The minimum absolute atomic E-state index is 0.623. The molecule has 0 unspecified atom stereocenters. The molecule has 0 aliphatic rings. The molecule has 0 aromatic carbocycles. The average molecular weight is 145 g/mol. The Balaban J connectivity index is 2.46. The third-order valence-corrected chi connectivity index (χ3v) is 1.26. The van der Waals surface area contributed by atoms with E-state index in [1.165, 1.54) is 6.33 Å². The molecular formula is C7H5N4. The minimum atomic E-state index is 0.623. The number of hydrogen-bond donors (Lipinski definition) is 1. The highest BCUT2D eigenvalue weighted by Crippen LogP contribution is 2.08. The number of aromatic nitrogens is 4. The zero-order valence-electron chi connectivity index (χ0n) is 5.65. The summed E-state index contributed by atoms with van der Waals surface area (Å²) < 4.78 is 0. The summed E-state index contributed by atoms with van der Waals surface area (Å²) in [6.45, 7) is 0. The maximum absolute atomic E-state index is 3.95. The molecule has 2 rings (SSSR count). The number of nitrogens with one attached hydrogen (secondary N) is 1. The van der Waals surface area contributed by atoms with Crippen molar-refractivity contribution in [1.82, 2.24) is 20.2 Å². The zero-order valence-corrected chi connectivity index (χ0v) is 5.65. The summed E-state index contributed by atoms with van der Waals surface area (Å²) in [7, 11) is 0. The lowest BCUT2D eigenvalue weighted by Gasteiger charge is -1.88. The van der Waals surface area contributed by atoms with E-state index in [2.05, 4.69) is 26.4 Å². The van der Waals surface area contributed by atoms with Crippen molar-refractivity contribution in [2.75, 3.05) is 0 Å². The number of rotatable bonds is 1. The molecular weight excluding hydrogens is 140 g/mol. The van der Waals surface area contributed by atoms with E-state index in [-0.39, 0.29) is 0 Å². The maximum Gasteiger partial charge on any atom is 0.183 e. The lowest BCUT2D eigenvalue weighted by molar-refractivity contribution is 1.09. The average Bonchev–Trinajstić information content (AvgIpc) is 2.58. The zero-order chi connectivity index (χ0) is 7.52. The molecule has 0 aliphatic carbocycles. The summed E-state index contributed by atoms with van der Waals surface area (Å²) in [5, 5.41) is 6.50. The number of hydrogen-bond acceptors (Lipinski definition) is 3. The van der Waals surface area contributed by atoms with Gasteiger partial charge in [-0.05, 0) is 12.1 Å². The first-order chi connectivity index (χ1) is 5.47. The lowest BCUT2D eigenvalue weighted by atomic mass is 10.3. The predicted octanol–water partition coefficient (Wildman–Crippen LogP) is 0.667. The second kappa shape index (κ2) is 2.49. The van der Waals surface area contributed by atoms with E-state index in [1.54, 1.807) is 6.20 Å². The summed E-state index contributed by atoms with van der Waals surface area (Å²) in [4.78, 5) is 7.77. The molecule has 0 saturated carbocycles. The molecule has 2 heterocycles. The van der Waals surface area contributed by atoms with Crippen LogP contribution in [-0.4, -0.2) is 20.2 Å². The molecule has 1 radical (unpaired) electrons. The highest BCUT2D eigenvalue weighted by atomic mass is 15.2. The molecule has 0 bridgehead atoms. The predicted molar refractivity (Wildman–Crippen MR) is 38.4 cm³/mol. The van der Waals surface area contributed by atoms with Crippen LogP contribution < -0.4 is 0 Å². The van der Waals surface area contributed by atoms with E-state index in [0.717, 1.165) is 5.56 Å². The monoisotopic (exact) mass is 145 g/mol. The van der Waals surface area contributed by atoms with Crippen LogP contribution in [0.15, 0.2) is 24.7 Å². The van der Waals surface area contributed by atoms with Gasteiger partial charge in [0.25, 0.3) is 0 Å². The molecule has 4 heteroatoms. The fourth-order valence-corrected chi connectivity index (χ4v) is 0.790. The van der Waals surface area contributed by atoms with Crippen molar-refractivity contribution in [2.24, 2.45) is 0 Å². The van der Waals surface area contributed by atoms with Gasteiger partial charge in [-0.2, -0.15) is 5.10 Å². The van der Waals surface area contributed by atoms with Crippen LogP contribution in [0.25, 0.3) is 11.4 Å². The van der Waals surface area contributed by atoms with E-state index in [1.807, 2.05) is 12.1 Å². The van der Waals surface area contributed by atoms with Gasteiger partial charge in [0.05, 0.1) is 0 Å². The quantitative estimate of drug-likeness (QED) is 0.641. The van der Waals surface area contributed by atoms with Crippen LogP contribution in [-0.2, 0) is 0 Å². The molecule has 53 valence electrons. The van der Waals surface area contributed by atoms with E-state index in [0.29, 0.717) is 5.82 Å². The van der Waals surface area contributed by atoms with Crippen LogP contribution in [0.4, 0.5) is 0 Å². The highest BCUT2D eigenvalue weighted by Gasteiger charge is 1.98. The van der Waals surface area contributed by atoms with Crippen molar-refractivity contribution in [3.63, 3.8) is 0 Å². The number of nitrogens with zero attached hydrogens (tertiary/aromatic N) is 3. The van der Waals surface area contributed by atoms with Crippen LogP contribution in [0.1, 0.15) is 0 Å². The highest BCUT2D eigenvalue weighted by molar-refractivity contribution is 5.50. The Morgan fingerprint density at radius 3 is 3.09 bits per heavy atom. The summed E-state index contributed by atoms with van der Waals surface area (Å²) in [5.74, 6) is 0.623. The molecule has 0 amide bonds. The molecule has 0 saturated heterocycles. The molecule has 2 aromatic rings. The van der Waals surface area contributed by atoms with E-state index in [4.69, 9.17) is 0 Å². The topological polar surface area (TPSA) is 54.5 Å². The van der Waals surface area contributed by atoms with Crippen molar-refractivity contribution in [3.8, 4) is 11.4 Å². The maximum atomic E-state index is 3.95. The minimum Gasteiger partial charge on any atom is -0.265 e. The Hall–Kier alpha value is -1.71. The fraction of sp³-hybridized carbons (Fsp3) is 0. The number of H-pyrrole nitrogens is 1. The molecule has 0 atom stereocenters. The molecule has 1 N–H and O–H groups in total. The Bertz CT molecular complexity index is 313. The van der Waals surface area contributed by atoms with Gasteiger partial charge in [-0.3, -0.25) is 10.1 Å². The normalized spacial score (nSPS) is 9.82. The van der Waals surface area contributed by atoms with Gasteiger partial charge in [0.15, 0.2) is 5.82 Å². The summed E-state index contributed by atoms with van der Waals surface area (Å²) in [6, 6.07) is 3.68. The molecule has 0 aliphatic heterocycles. The van der Waals surface area contributed by atoms with Crippen molar-refractivity contribution in [1.29, 1.82) is 0 Å². The summed E-state index contributed by atoms with van der Waals surface area (Å²) >= 11 is 0. The number of aromatic amines is 1. The van der Waals surface area contributed by atoms with Gasteiger partial charge in [0, 0.05) is 11.8 Å². The van der Waals surface area contributed by atoms with Crippen molar-refractivity contribution >= 4 is 0 Å². The van der Waals surface area contributed by atoms with Crippen LogP contribution in [0, 0.1) is 6.20 Å². The summed E-state index contributed by atoms with van der Waals surface area (Å²) in [5.41, 5.74) is 0.800. The molecule has 0 fully saturated rings. The van der Waals surface area contributed by atoms with Crippen molar-refractivity contribution < 1.29 is 0 Å². The van der Waals surface area contributed by atoms with Crippen LogP contribution in [0.2, 0.25) is 0 Å². The van der Waals surface area contributed by atoms with Gasteiger partial charge in [-0.1, -0.05) is 0 Å². The third kappa shape index (κ3) is 1.10. The van der Waals surface area contributed by atoms with Gasteiger partial charge >= 0.3 is 0 Å². The Kier molecular flexibility index (Phi) is 1.37. The van der Waals surface area contributed by atoms with Crippen molar-refractivity contribution in [3.05, 3.63) is 30.9 Å². The van der Waals surface area contributed by atoms with Crippen LogP contribution >= 0.6 is 0 Å². The lowest BCUT2D eigenvalue weighted by Crippen LogP contribution is -1.81. The second-order valence-electron chi connectivity index (χ2n) is 1.99. The SMILES string of the molecule is [c]1ncccc1-c1nc[nH]n1. The third-order valence-electron chi connectivity index (χ3n) is 1.26. The Labute approximate surface area is 63.3 Å². The smallest absolute Gasteiger partial charge is 0.183 e. The van der Waals surface area contributed by atoms with Crippen molar-refractivity contribution in [2.45, 2.75) is 0 Å². The van der Waals surface area contributed by atoms with E-state index >= 15 is 0 Å². The standard InChI is InChI=1S/C7H5N4/c1-2-6(4-8-3-1)7-9-5-10-11-7/h1-3,5H,(H,9,10,11). The first kappa shape index (κ1) is 6.03. The van der Waals surface area contributed by atoms with E-state index < -0.39 is 0 Å². The second-order valence-corrected chi connectivity index (χ2v) is 1.99. The van der Waals surface area contributed by atoms with Crippen LogP contribution in [0.5, 0.6) is 0 Å². The van der Waals surface area contributed by atoms with Gasteiger partial charge in [-0.15, -0.1) is 0 Å². The Morgan fingerprint density at radius 2 is 2.45 bits per heavy atom. The molecule has 0 spiro atoms. The molecule has 2 aromatic heterocycles. The number of pyridine rings is 1. The largest absolute Gasteiger partial charge is 0.265 e. The summed E-state index contributed by atoms with van der Waals surface area (Å²) in [6.07, 6.45) is 5.96. The van der Waals surface area contributed by atoms with Gasteiger partial charge < -0.3 is 0 Å². The Morgan fingerprint density at radius 1 is 1.45 bits per heavy atom. The molecule has 4 nitrogen and oxygen atoms in total. The van der Waals surface area contributed by atoms with Gasteiger partial charge in [0.2, 0.25) is 0 Å².